The maximum Gasteiger partial charge on any atom is 0.117 e. The van der Waals surface area contributed by atoms with E-state index in [-0.39, 0.29) is 0 Å². The molecule has 0 saturated carbocycles. The number of aliphatic hydroxyl groups is 1. The number of ether oxygens (including phenoxy) is 1. The molecular weight excluding hydrogens is 194 g/mol. The number of furan rings is 1. The molecular formula is C11H19NO3. The maximum absolute atomic E-state index is 9.45. The minimum Gasteiger partial charge on any atom is -0.465 e. The minimum atomic E-state index is -0.457. The lowest BCUT2D eigenvalue weighted by atomic mass is 10.3. The van der Waals surface area contributed by atoms with E-state index in [0.717, 1.165) is 11.5 Å². The quantitative estimate of drug-likeness (QED) is 0.711. The first-order valence-electron chi connectivity index (χ1n) is 5.24. The Hall–Kier alpha value is -0.840. The molecule has 4 nitrogen and oxygen atoms in total. The lowest BCUT2D eigenvalue weighted by molar-refractivity contribution is 0.0425. The largest absolute Gasteiger partial charge is 0.465 e. The third-order valence-corrected chi connectivity index (χ3v) is 1.99. The van der Waals surface area contributed by atoms with Gasteiger partial charge in [0.1, 0.15) is 11.5 Å². The van der Waals surface area contributed by atoms with Gasteiger partial charge in [0.2, 0.25) is 0 Å². The normalized spacial score (nSPS) is 13.0. The Morgan fingerprint density at radius 2 is 2.33 bits per heavy atom. The second kappa shape index (κ2) is 6.61. The van der Waals surface area contributed by atoms with Crippen molar-refractivity contribution in [3.8, 4) is 0 Å². The third kappa shape index (κ3) is 4.97. The van der Waals surface area contributed by atoms with Gasteiger partial charge < -0.3 is 19.6 Å². The van der Waals surface area contributed by atoms with E-state index in [1.807, 2.05) is 26.0 Å². The Bertz CT molecular complexity index is 273. The molecule has 0 spiro atoms. The molecule has 4 heteroatoms. The van der Waals surface area contributed by atoms with E-state index >= 15 is 0 Å². The summed E-state index contributed by atoms with van der Waals surface area (Å²) >= 11 is 0. The van der Waals surface area contributed by atoms with Crippen molar-refractivity contribution >= 4 is 0 Å². The Morgan fingerprint density at radius 1 is 1.53 bits per heavy atom. The van der Waals surface area contributed by atoms with Gasteiger partial charge in [0, 0.05) is 13.2 Å². The second-order valence-corrected chi connectivity index (χ2v) is 3.46. The van der Waals surface area contributed by atoms with Gasteiger partial charge in [0.15, 0.2) is 0 Å². The van der Waals surface area contributed by atoms with Crippen LogP contribution in [0.5, 0.6) is 0 Å². The van der Waals surface area contributed by atoms with Crippen molar-refractivity contribution in [1.29, 1.82) is 0 Å². The fraction of sp³-hybridized carbons (Fsp3) is 0.636. The first-order chi connectivity index (χ1) is 7.22. The van der Waals surface area contributed by atoms with Gasteiger partial charge in [-0.05, 0) is 26.0 Å². The average Bonchev–Trinajstić information content (AvgIpc) is 2.61. The molecule has 0 aliphatic heterocycles. The van der Waals surface area contributed by atoms with Gasteiger partial charge in [0.25, 0.3) is 0 Å². The molecule has 2 N–H and O–H groups in total. The highest BCUT2D eigenvalue weighted by Gasteiger charge is 2.04. The smallest absolute Gasteiger partial charge is 0.117 e. The fourth-order valence-corrected chi connectivity index (χ4v) is 1.25. The van der Waals surface area contributed by atoms with Gasteiger partial charge in [-0.15, -0.1) is 0 Å². The Labute approximate surface area is 90.2 Å². The first kappa shape index (κ1) is 12.2. The van der Waals surface area contributed by atoms with E-state index in [2.05, 4.69) is 5.32 Å². The molecule has 1 rings (SSSR count). The summed E-state index contributed by atoms with van der Waals surface area (Å²) in [5.41, 5.74) is 0. The predicted octanol–water partition coefficient (Wildman–Crippen LogP) is 1.08. The van der Waals surface area contributed by atoms with E-state index in [1.165, 1.54) is 0 Å². The van der Waals surface area contributed by atoms with E-state index in [9.17, 15) is 5.11 Å². The third-order valence-electron chi connectivity index (χ3n) is 1.99. The first-order valence-corrected chi connectivity index (χ1v) is 5.24. The van der Waals surface area contributed by atoms with Crippen LogP contribution in [-0.2, 0) is 11.3 Å². The number of rotatable bonds is 7. The van der Waals surface area contributed by atoms with Crippen LogP contribution in [0.4, 0.5) is 0 Å². The van der Waals surface area contributed by atoms with Crippen LogP contribution in [0, 0.1) is 6.92 Å². The monoisotopic (exact) mass is 213 g/mol. The topological polar surface area (TPSA) is 54.6 Å². The lowest BCUT2D eigenvalue weighted by Gasteiger charge is -2.10. The molecule has 0 radical (unpaired) electrons. The van der Waals surface area contributed by atoms with Crippen molar-refractivity contribution in [1.82, 2.24) is 5.32 Å². The Balaban J connectivity index is 2.10. The summed E-state index contributed by atoms with van der Waals surface area (Å²) < 4.78 is 10.5. The molecule has 1 heterocycles. The molecule has 1 aromatic heterocycles. The fourth-order valence-electron chi connectivity index (χ4n) is 1.25. The number of aryl methyl sites for hydroxylation is 1. The molecule has 0 aliphatic carbocycles. The summed E-state index contributed by atoms with van der Waals surface area (Å²) in [6.45, 7) is 5.98. The second-order valence-electron chi connectivity index (χ2n) is 3.46. The number of hydrogen-bond acceptors (Lipinski definition) is 4. The zero-order valence-electron chi connectivity index (χ0n) is 9.32. The van der Waals surface area contributed by atoms with Gasteiger partial charge in [-0.3, -0.25) is 0 Å². The number of hydrogen-bond donors (Lipinski definition) is 2. The van der Waals surface area contributed by atoms with Crippen molar-refractivity contribution in [3.05, 3.63) is 23.7 Å². The van der Waals surface area contributed by atoms with Crippen LogP contribution in [0.3, 0.4) is 0 Å². The molecule has 15 heavy (non-hydrogen) atoms. The molecule has 0 aromatic carbocycles. The van der Waals surface area contributed by atoms with E-state index in [0.29, 0.717) is 26.3 Å². The predicted molar refractivity (Wildman–Crippen MR) is 57.7 cm³/mol. The van der Waals surface area contributed by atoms with E-state index in [4.69, 9.17) is 9.15 Å². The lowest BCUT2D eigenvalue weighted by Crippen LogP contribution is -2.29. The number of aliphatic hydroxyl groups excluding tert-OH is 1. The average molecular weight is 213 g/mol. The minimum absolute atomic E-state index is 0.376. The van der Waals surface area contributed by atoms with Crippen molar-refractivity contribution in [2.45, 2.75) is 26.5 Å². The van der Waals surface area contributed by atoms with E-state index in [1.54, 1.807) is 0 Å². The van der Waals surface area contributed by atoms with Crippen molar-refractivity contribution in [2.24, 2.45) is 0 Å². The molecule has 1 atom stereocenters. The standard InChI is InChI=1S/C11H19NO3/c1-3-14-8-10(13)6-12-7-11-5-4-9(2)15-11/h4-5,10,12-13H,3,6-8H2,1-2H3. The van der Waals surface area contributed by atoms with Crippen molar-refractivity contribution in [3.63, 3.8) is 0 Å². The van der Waals surface area contributed by atoms with Gasteiger partial charge >= 0.3 is 0 Å². The maximum atomic E-state index is 9.45. The van der Waals surface area contributed by atoms with E-state index < -0.39 is 6.10 Å². The Morgan fingerprint density at radius 3 is 2.93 bits per heavy atom. The highest BCUT2D eigenvalue weighted by molar-refractivity contribution is 5.05. The summed E-state index contributed by atoms with van der Waals surface area (Å²) in [4.78, 5) is 0. The van der Waals surface area contributed by atoms with Crippen LogP contribution in [0.1, 0.15) is 18.4 Å². The van der Waals surface area contributed by atoms with Crippen LogP contribution in [0.25, 0.3) is 0 Å². The summed E-state index contributed by atoms with van der Waals surface area (Å²) in [5, 5.41) is 12.5. The van der Waals surface area contributed by atoms with Crippen LogP contribution in [0.15, 0.2) is 16.5 Å². The molecule has 0 bridgehead atoms. The van der Waals surface area contributed by atoms with Crippen molar-refractivity contribution < 1.29 is 14.3 Å². The summed E-state index contributed by atoms with van der Waals surface area (Å²) in [5.74, 6) is 1.79. The molecule has 0 fully saturated rings. The SMILES string of the molecule is CCOCC(O)CNCc1ccc(C)o1. The Kier molecular flexibility index (Phi) is 5.39. The van der Waals surface area contributed by atoms with Crippen molar-refractivity contribution in [2.75, 3.05) is 19.8 Å². The molecule has 0 saturated heterocycles. The van der Waals surface area contributed by atoms with Gasteiger partial charge in [0.05, 0.1) is 19.3 Å². The molecule has 0 amide bonds. The highest BCUT2D eigenvalue weighted by atomic mass is 16.5. The van der Waals surface area contributed by atoms with Crippen LogP contribution in [-0.4, -0.2) is 31.0 Å². The van der Waals surface area contributed by atoms with Crippen LogP contribution in [0.2, 0.25) is 0 Å². The molecule has 0 aliphatic rings. The highest BCUT2D eigenvalue weighted by Crippen LogP contribution is 2.05. The zero-order chi connectivity index (χ0) is 11.1. The molecule has 86 valence electrons. The van der Waals surface area contributed by atoms with Crippen LogP contribution < -0.4 is 5.32 Å². The molecule has 1 aromatic rings. The van der Waals surface area contributed by atoms with Gasteiger partial charge in [-0.25, -0.2) is 0 Å². The van der Waals surface area contributed by atoms with Gasteiger partial charge in [-0.1, -0.05) is 0 Å². The number of nitrogens with one attached hydrogen (secondary N) is 1. The van der Waals surface area contributed by atoms with Crippen LogP contribution >= 0.6 is 0 Å². The summed E-state index contributed by atoms with van der Waals surface area (Å²) in [7, 11) is 0. The zero-order valence-corrected chi connectivity index (χ0v) is 9.32. The summed E-state index contributed by atoms with van der Waals surface area (Å²) in [6, 6.07) is 3.85. The molecule has 1 unspecified atom stereocenters. The summed E-state index contributed by atoms with van der Waals surface area (Å²) in [6.07, 6.45) is -0.457. The van der Waals surface area contributed by atoms with Gasteiger partial charge in [-0.2, -0.15) is 0 Å².